The van der Waals surface area contributed by atoms with Crippen molar-refractivity contribution in [3.8, 4) is 11.5 Å². The number of rotatable bonds is 3. The highest BCUT2D eigenvalue weighted by molar-refractivity contribution is 5.96. The maximum atomic E-state index is 12.7. The minimum atomic E-state index is -0.0775. The molecule has 6 nitrogen and oxygen atoms in total. The average Bonchev–Trinajstić information content (AvgIpc) is 3.15. The van der Waals surface area contributed by atoms with E-state index in [-0.39, 0.29) is 24.5 Å². The van der Waals surface area contributed by atoms with Crippen molar-refractivity contribution in [3.05, 3.63) is 53.6 Å². The van der Waals surface area contributed by atoms with E-state index in [1.807, 2.05) is 31.2 Å². The van der Waals surface area contributed by atoms with E-state index >= 15 is 0 Å². The Morgan fingerprint density at radius 2 is 1.81 bits per heavy atom. The van der Waals surface area contributed by atoms with E-state index in [0.29, 0.717) is 43.0 Å². The summed E-state index contributed by atoms with van der Waals surface area (Å²) < 4.78 is 10.6. The molecule has 2 aromatic rings. The molecule has 1 N–H and O–H groups in total. The summed E-state index contributed by atoms with van der Waals surface area (Å²) in [6.07, 6.45) is 1.32. The largest absolute Gasteiger partial charge is 0.454 e. The number of aryl methyl sites for hydroxylation is 1. The number of anilines is 1. The van der Waals surface area contributed by atoms with E-state index < -0.39 is 0 Å². The van der Waals surface area contributed by atoms with Gasteiger partial charge in [0.05, 0.1) is 0 Å². The number of amides is 2. The second-order valence-electron chi connectivity index (χ2n) is 6.99. The van der Waals surface area contributed by atoms with Crippen LogP contribution in [0.1, 0.15) is 28.8 Å². The molecule has 0 saturated carbocycles. The zero-order valence-electron chi connectivity index (χ0n) is 15.2. The number of nitrogens with zero attached hydrogens (tertiary/aromatic N) is 1. The monoisotopic (exact) mass is 366 g/mol. The Hall–Kier alpha value is -3.02. The number of likely N-dealkylation sites (tertiary alicyclic amines) is 1. The maximum Gasteiger partial charge on any atom is 0.253 e. The van der Waals surface area contributed by atoms with Gasteiger partial charge in [0, 0.05) is 30.3 Å². The van der Waals surface area contributed by atoms with Crippen LogP contribution in [0.3, 0.4) is 0 Å². The number of carbonyl (C=O) groups excluding carboxylic acids is 2. The van der Waals surface area contributed by atoms with Gasteiger partial charge in [0.15, 0.2) is 11.5 Å². The van der Waals surface area contributed by atoms with Crippen LogP contribution in [-0.2, 0) is 4.79 Å². The van der Waals surface area contributed by atoms with Crippen molar-refractivity contribution in [2.24, 2.45) is 5.92 Å². The number of ether oxygens (including phenoxy) is 2. The molecular weight excluding hydrogens is 344 g/mol. The van der Waals surface area contributed by atoms with Crippen LogP contribution in [0.4, 0.5) is 5.69 Å². The van der Waals surface area contributed by atoms with Crippen molar-refractivity contribution >= 4 is 17.5 Å². The first-order valence-corrected chi connectivity index (χ1v) is 9.16. The van der Waals surface area contributed by atoms with Crippen molar-refractivity contribution < 1.29 is 19.1 Å². The van der Waals surface area contributed by atoms with E-state index in [1.165, 1.54) is 0 Å². The van der Waals surface area contributed by atoms with Crippen LogP contribution < -0.4 is 14.8 Å². The first-order chi connectivity index (χ1) is 13.1. The van der Waals surface area contributed by atoms with Gasteiger partial charge >= 0.3 is 0 Å². The predicted octanol–water partition coefficient (Wildman–Crippen LogP) is 3.21. The molecule has 0 spiro atoms. The zero-order chi connectivity index (χ0) is 18.8. The molecule has 1 saturated heterocycles. The van der Waals surface area contributed by atoms with Crippen molar-refractivity contribution in [1.82, 2.24) is 4.90 Å². The summed E-state index contributed by atoms with van der Waals surface area (Å²) in [7, 11) is 0. The summed E-state index contributed by atoms with van der Waals surface area (Å²) in [4.78, 5) is 27.0. The van der Waals surface area contributed by atoms with Crippen LogP contribution in [0.15, 0.2) is 42.5 Å². The molecule has 4 rings (SSSR count). The maximum absolute atomic E-state index is 12.7. The summed E-state index contributed by atoms with van der Waals surface area (Å²) >= 11 is 0. The molecule has 6 heteroatoms. The molecule has 0 bridgehead atoms. The molecule has 0 aliphatic carbocycles. The van der Waals surface area contributed by atoms with Crippen LogP contribution >= 0.6 is 0 Å². The van der Waals surface area contributed by atoms with Gasteiger partial charge in [-0.05, 0) is 55.7 Å². The molecule has 2 aromatic carbocycles. The van der Waals surface area contributed by atoms with Gasteiger partial charge in [0.1, 0.15) is 0 Å². The number of nitrogens with one attached hydrogen (secondary N) is 1. The third-order valence-corrected chi connectivity index (χ3v) is 5.06. The van der Waals surface area contributed by atoms with Crippen LogP contribution in [0.25, 0.3) is 0 Å². The van der Waals surface area contributed by atoms with E-state index in [0.717, 1.165) is 11.3 Å². The zero-order valence-corrected chi connectivity index (χ0v) is 15.2. The first kappa shape index (κ1) is 17.4. The summed E-state index contributed by atoms with van der Waals surface area (Å²) in [6, 6.07) is 13.0. The molecule has 2 aliphatic rings. The molecule has 0 atom stereocenters. The number of hydrogen-bond acceptors (Lipinski definition) is 4. The molecule has 2 aliphatic heterocycles. The highest BCUT2D eigenvalue weighted by atomic mass is 16.7. The lowest BCUT2D eigenvalue weighted by Crippen LogP contribution is -2.41. The molecule has 0 radical (unpaired) electrons. The molecule has 27 heavy (non-hydrogen) atoms. The fourth-order valence-electron chi connectivity index (χ4n) is 3.52. The number of fused-ring (bicyclic) bond motifs is 1. The Kier molecular flexibility index (Phi) is 4.71. The second kappa shape index (κ2) is 7.31. The van der Waals surface area contributed by atoms with E-state index in [4.69, 9.17) is 9.47 Å². The SMILES string of the molecule is Cc1cccc(NC(=O)C2CCN(C(=O)c3ccc4c(c3)OCO4)CC2)c1. The Balaban J connectivity index is 1.34. The van der Waals surface area contributed by atoms with Crippen LogP contribution in [0, 0.1) is 12.8 Å². The highest BCUT2D eigenvalue weighted by Crippen LogP contribution is 2.33. The smallest absolute Gasteiger partial charge is 0.253 e. The Morgan fingerprint density at radius 3 is 2.59 bits per heavy atom. The van der Waals surface area contributed by atoms with Crippen LogP contribution in [0.2, 0.25) is 0 Å². The third kappa shape index (κ3) is 3.74. The summed E-state index contributed by atoms with van der Waals surface area (Å²) in [5.74, 6) is 1.18. The van der Waals surface area contributed by atoms with Gasteiger partial charge in [-0.3, -0.25) is 9.59 Å². The van der Waals surface area contributed by atoms with Crippen molar-refractivity contribution in [1.29, 1.82) is 0 Å². The summed E-state index contributed by atoms with van der Waals surface area (Å²) in [5, 5.41) is 2.98. The van der Waals surface area contributed by atoms with Crippen molar-refractivity contribution in [2.45, 2.75) is 19.8 Å². The van der Waals surface area contributed by atoms with Gasteiger partial charge in [0.2, 0.25) is 12.7 Å². The number of piperidine rings is 1. The predicted molar refractivity (Wildman–Crippen MR) is 101 cm³/mol. The molecule has 0 unspecified atom stereocenters. The minimum Gasteiger partial charge on any atom is -0.454 e. The lowest BCUT2D eigenvalue weighted by molar-refractivity contribution is -0.121. The van der Waals surface area contributed by atoms with Crippen LogP contribution in [-0.4, -0.2) is 36.6 Å². The third-order valence-electron chi connectivity index (χ3n) is 5.06. The van der Waals surface area contributed by atoms with Gasteiger partial charge < -0.3 is 19.7 Å². The normalized spacial score (nSPS) is 16.3. The first-order valence-electron chi connectivity index (χ1n) is 9.16. The molecule has 2 heterocycles. The standard InChI is InChI=1S/C21H22N2O4/c1-14-3-2-4-17(11-14)22-20(24)15-7-9-23(10-8-15)21(25)16-5-6-18-19(12-16)27-13-26-18/h2-6,11-12,15H,7-10,13H2,1H3,(H,22,24). The average molecular weight is 366 g/mol. The lowest BCUT2D eigenvalue weighted by atomic mass is 9.95. The Labute approximate surface area is 158 Å². The van der Waals surface area contributed by atoms with Crippen LogP contribution in [0.5, 0.6) is 11.5 Å². The topological polar surface area (TPSA) is 67.9 Å². The molecular formula is C21H22N2O4. The van der Waals surface area contributed by atoms with Crippen molar-refractivity contribution in [2.75, 3.05) is 25.2 Å². The molecule has 1 fully saturated rings. The quantitative estimate of drug-likeness (QED) is 0.906. The van der Waals surface area contributed by atoms with E-state index in [9.17, 15) is 9.59 Å². The number of hydrogen-bond donors (Lipinski definition) is 1. The molecule has 2 amide bonds. The van der Waals surface area contributed by atoms with Crippen molar-refractivity contribution in [3.63, 3.8) is 0 Å². The summed E-state index contributed by atoms with van der Waals surface area (Å²) in [6.45, 7) is 3.32. The summed E-state index contributed by atoms with van der Waals surface area (Å²) in [5.41, 5.74) is 2.51. The van der Waals surface area contributed by atoms with Gasteiger partial charge in [0.25, 0.3) is 5.91 Å². The second-order valence-corrected chi connectivity index (χ2v) is 6.99. The van der Waals surface area contributed by atoms with Gasteiger partial charge in [-0.2, -0.15) is 0 Å². The van der Waals surface area contributed by atoms with E-state index in [1.54, 1.807) is 23.1 Å². The van der Waals surface area contributed by atoms with Gasteiger partial charge in [-0.15, -0.1) is 0 Å². The molecule has 0 aromatic heterocycles. The fraction of sp³-hybridized carbons (Fsp3) is 0.333. The Morgan fingerprint density at radius 1 is 1.04 bits per heavy atom. The van der Waals surface area contributed by atoms with E-state index in [2.05, 4.69) is 5.32 Å². The highest BCUT2D eigenvalue weighted by Gasteiger charge is 2.28. The molecule has 140 valence electrons. The van der Waals surface area contributed by atoms with Gasteiger partial charge in [-0.1, -0.05) is 12.1 Å². The minimum absolute atomic E-state index is 0.0239. The number of carbonyl (C=O) groups is 2. The fourth-order valence-corrected chi connectivity index (χ4v) is 3.52. The number of benzene rings is 2. The lowest BCUT2D eigenvalue weighted by Gasteiger charge is -2.31. The van der Waals surface area contributed by atoms with Gasteiger partial charge in [-0.25, -0.2) is 0 Å². The Bertz CT molecular complexity index is 872.